The smallest absolute Gasteiger partial charge is 0.248 e. The second-order valence-corrected chi connectivity index (χ2v) is 3.50. The molecule has 0 bridgehead atoms. The van der Waals surface area contributed by atoms with Crippen LogP contribution in [0.4, 0.5) is 0 Å². The first-order chi connectivity index (χ1) is 2.81. The van der Waals surface area contributed by atoms with Gasteiger partial charge in [-0.05, 0) is 13.6 Å². The fourth-order valence-electron chi connectivity index (χ4n) is 0.118. The Hall–Kier alpha value is 0.137. The molecule has 1 N–H and O–H groups in total. The lowest BCUT2D eigenvalue weighted by Crippen LogP contribution is -2.28. The Labute approximate surface area is 40.3 Å². The van der Waals surface area contributed by atoms with Gasteiger partial charge in [0.2, 0.25) is 9.20 Å². The molecule has 0 rings (SSSR count). The molecule has 0 aromatic heterocycles. The van der Waals surface area contributed by atoms with E-state index in [4.69, 9.17) is 4.43 Å². The SMILES string of the molecule is CN[SiH](C)OC. The van der Waals surface area contributed by atoms with Gasteiger partial charge in [-0.25, -0.2) is 0 Å². The molecule has 3 heteroatoms. The van der Waals surface area contributed by atoms with Crippen molar-refractivity contribution in [1.82, 2.24) is 4.98 Å². The van der Waals surface area contributed by atoms with Crippen LogP contribution in [0.2, 0.25) is 6.55 Å². The molecule has 0 saturated carbocycles. The predicted molar refractivity (Wildman–Crippen MR) is 29.1 cm³/mol. The zero-order valence-electron chi connectivity index (χ0n) is 4.49. The first-order valence-electron chi connectivity index (χ1n) is 2.01. The molecule has 6 heavy (non-hydrogen) atoms. The lowest BCUT2D eigenvalue weighted by molar-refractivity contribution is 0.416. The second kappa shape index (κ2) is 3.33. The van der Waals surface area contributed by atoms with Crippen LogP contribution in [0.5, 0.6) is 0 Å². The van der Waals surface area contributed by atoms with Crippen molar-refractivity contribution >= 4 is 9.20 Å². The Morgan fingerprint density at radius 2 is 2.17 bits per heavy atom. The van der Waals surface area contributed by atoms with Crippen LogP contribution in [0.3, 0.4) is 0 Å². The van der Waals surface area contributed by atoms with Crippen LogP contribution < -0.4 is 4.98 Å². The fraction of sp³-hybridized carbons (Fsp3) is 1.00. The Morgan fingerprint density at radius 1 is 1.67 bits per heavy atom. The Bertz CT molecular complexity index is 30.0. The Kier molecular flexibility index (Phi) is 3.41. The molecule has 0 amide bonds. The maximum Gasteiger partial charge on any atom is 0.248 e. The molecule has 0 aromatic rings. The molecular weight excluding hydrogens is 94.1 g/mol. The largest absolute Gasteiger partial charge is 0.409 e. The van der Waals surface area contributed by atoms with Crippen molar-refractivity contribution in [3.8, 4) is 0 Å². The van der Waals surface area contributed by atoms with Crippen LogP contribution in [0.1, 0.15) is 0 Å². The molecule has 0 fully saturated rings. The average Bonchev–Trinajstić information content (AvgIpc) is 1.65. The van der Waals surface area contributed by atoms with Gasteiger partial charge in [0.05, 0.1) is 0 Å². The second-order valence-electron chi connectivity index (χ2n) is 1.17. The lowest BCUT2D eigenvalue weighted by Gasteiger charge is -2.01. The average molecular weight is 105 g/mol. The minimum atomic E-state index is -0.910. The molecule has 0 aliphatic heterocycles. The first kappa shape index (κ1) is 6.14. The van der Waals surface area contributed by atoms with E-state index in [1.165, 1.54) is 0 Å². The van der Waals surface area contributed by atoms with Crippen LogP contribution in [0.25, 0.3) is 0 Å². The van der Waals surface area contributed by atoms with E-state index in [1.807, 2.05) is 7.05 Å². The maximum atomic E-state index is 4.93. The molecule has 1 unspecified atom stereocenters. The van der Waals surface area contributed by atoms with Gasteiger partial charge in [0, 0.05) is 7.11 Å². The number of rotatable bonds is 2. The van der Waals surface area contributed by atoms with E-state index in [9.17, 15) is 0 Å². The van der Waals surface area contributed by atoms with Gasteiger partial charge >= 0.3 is 0 Å². The summed E-state index contributed by atoms with van der Waals surface area (Å²) < 4.78 is 4.93. The van der Waals surface area contributed by atoms with Gasteiger partial charge in [-0.15, -0.1) is 0 Å². The highest BCUT2D eigenvalue weighted by atomic mass is 28.3. The fourth-order valence-corrected chi connectivity index (χ4v) is 0.354. The van der Waals surface area contributed by atoms with Gasteiger partial charge in [-0.2, -0.15) is 0 Å². The van der Waals surface area contributed by atoms with Crippen LogP contribution in [-0.2, 0) is 4.43 Å². The molecule has 0 radical (unpaired) electrons. The summed E-state index contributed by atoms with van der Waals surface area (Å²) in [6, 6.07) is 0. The van der Waals surface area contributed by atoms with E-state index >= 15 is 0 Å². The zero-order chi connectivity index (χ0) is 4.99. The lowest BCUT2D eigenvalue weighted by atomic mass is 11.6. The molecule has 0 aliphatic carbocycles. The summed E-state index contributed by atoms with van der Waals surface area (Å²) in [6.45, 7) is 2.08. The minimum absolute atomic E-state index is 0.910. The van der Waals surface area contributed by atoms with Gasteiger partial charge in [-0.3, -0.25) is 0 Å². The number of nitrogens with one attached hydrogen (secondary N) is 1. The molecule has 1 atom stereocenters. The predicted octanol–water partition coefficient (Wildman–Crippen LogP) is -0.298. The van der Waals surface area contributed by atoms with Crippen molar-refractivity contribution in [3.63, 3.8) is 0 Å². The molecule has 0 saturated heterocycles. The normalized spacial score (nSPS) is 14.5. The van der Waals surface area contributed by atoms with Crippen LogP contribution in [0, 0.1) is 0 Å². The molecule has 0 aliphatic rings. The molecule has 0 heterocycles. The summed E-state index contributed by atoms with van der Waals surface area (Å²) in [6.07, 6.45) is 0. The van der Waals surface area contributed by atoms with Crippen molar-refractivity contribution in [2.45, 2.75) is 6.55 Å². The van der Waals surface area contributed by atoms with E-state index in [1.54, 1.807) is 7.11 Å². The third-order valence-corrected chi connectivity index (χ3v) is 2.28. The van der Waals surface area contributed by atoms with E-state index < -0.39 is 9.20 Å². The van der Waals surface area contributed by atoms with Gasteiger partial charge in [0.25, 0.3) is 0 Å². The summed E-state index contributed by atoms with van der Waals surface area (Å²) in [7, 11) is 2.74. The topological polar surface area (TPSA) is 21.3 Å². The number of hydrogen-bond donors (Lipinski definition) is 1. The highest BCUT2D eigenvalue weighted by Gasteiger charge is 1.91. The van der Waals surface area contributed by atoms with Crippen molar-refractivity contribution in [1.29, 1.82) is 0 Å². The van der Waals surface area contributed by atoms with E-state index in [0.717, 1.165) is 0 Å². The third-order valence-electron chi connectivity index (χ3n) is 0.760. The summed E-state index contributed by atoms with van der Waals surface area (Å²) in [4.78, 5) is 3.03. The van der Waals surface area contributed by atoms with Crippen molar-refractivity contribution in [2.75, 3.05) is 14.2 Å². The molecule has 2 nitrogen and oxygen atoms in total. The zero-order valence-corrected chi connectivity index (χ0v) is 5.64. The van der Waals surface area contributed by atoms with Crippen molar-refractivity contribution in [2.24, 2.45) is 0 Å². The summed E-state index contributed by atoms with van der Waals surface area (Å²) in [5, 5.41) is 0. The van der Waals surface area contributed by atoms with E-state index in [0.29, 0.717) is 0 Å². The molecule has 0 spiro atoms. The Balaban J connectivity index is 2.75. The van der Waals surface area contributed by atoms with Crippen molar-refractivity contribution < 1.29 is 4.43 Å². The third kappa shape index (κ3) is 2.38. The molecule has 38 valence electrons. The Morgan fingerprint density at radius 3 is 2.17 bits per heavy atom. The van der Waals surface area contributed by atoms with Crippen molar-refractivity contribution in [3.05, 3.63) is 0 Å². The monoisotopic (exact) mass is 105 g/mol. The highest BCUT2D eigenvalue weighted by molar-refractivity contribution is 6.46. The van der Waals surface area contributed by atoms with Gasteiger partial charge < -0.3 is 9.41 Å². The number of hydrogen-bond acceptors (Lipinski definition) is 2. The van der Waals surface area contributed by atoms with Gasteiger partial charge in [0.1, 0.15) is 0 Å². The highest BCUT2D eigenvalue weighted by Crippen LogP contribution is 1.68. The van der Waals surface area contributed by atoms with E-state index in [-0.39, 0.29) is 0 Å². The summed E-state index contributed by atoms with van der Waals surface area (Å²) in [5.41, 5.74) is 0. The maximum absolute atomic E-state index is 4.93. The standard InChI is InChI=1S/C3H11NOSi/c1-4-6(3)5-2/h4,6H,1-3H3. The van der Waals surface area contributed by atoms with Gasteiger partial charge in [-0.1, -0.05) is 0 Å². The van der Waals surface area contributed by atoms with Crippen LogP contribution >= 0.6 is 0 Å². The quantitative estimate of drug-likeness (QED) is 0.487. The molecular formula is C3H11NOSi. The molecule has 0 aromatic carbocycles. The first-order valence-corrected chi connectivity index (χ1v) is 4.21. The summed E-state index contributed by atoms with van der Waals surface area (Å²) >= 11 is 0. The minimum Gasteiger partial charge on any atom is -0.409 e. The van der Waals surface area contributed by atoms with Gasteiger partial charge in [0.15, 0.2) is 0 Å². The van der Waals surface area contributed by atoms with Crippen LogP contribution in [0.15, 0.2) is 0 Å². The van der Waals surface area contributed by atoms with E-state index in [2.05, 4.69) is 11.5 Å². The summed E-state index contributed by atoms with van der Waals surface area (Å²) in [5.74, 6) is 0. The van der Waals surface area contributed by atoms with Crippen LogP contribution in [-0.4, -0.2) is 23.4 Å².